The van der Waals surface area contributed by atoms with Gasteiger partial charge in [0, 0.05) is 41.7 Å². The molecule has 1 fully saturated rings. The van der Waals surface area contributed by atoms with Crippen LogP contribution in [0.25, 0.3) is 10.9 Å². The number of carbonyl (C=O) groups is 1. The molecule has 134 valence electrons. The molecule has 6 nitrogen and oxygen atoms in total. The third-order valence-electron chi connectivity index (χ3n) is 5.06. The zero-order valence-electron chi connectivity index (χ0n) is 14.6. The van der Waals surface area contributed by atoms with E-state index >= 15 is 0 Å². The molecule has 5 rings (SSSR count). The molecule has 2 aromatic carbocycles. The number of hydrogen-bond donors (Lipinski definition) is 1. The van der Waals surface area contributed by atoms with Crippen LogP contribution in [-0.4, -0.2) is 27.6 Å². The SMILES string of the molecule is O=C1CC(c2noc(Cc3c[nH]c4ccccc34)n2)CN1c1ccccc1. The zero-order chi connectivity index (χ0) is 18.2. The first-order valence-corrected chi connectivity index (χ1v) is 9.01. The number of fused-ring (bicyclic) bond motifs is 1. The molecule has 0 bridgehead atoms. The van der Waals surface area contributed by atoms with Gasteiger partial charge in [0.1, 0.15) is 0 Å². The van der Waals surface area contributed by atoms with Crippen LogP contribution in [0.4, 0.5) is 5.69 Å². The van der Waals surface area contributed by atoms with E-state index < -0.39 is 0 Å². The average Bonchev–Trinajstić information content (AvgIpc) is 3.42. The molecule has 0 saturated carbocycles. The van der Waals surface area contributed by atoms with Crippen LogP contribution in [-0.2, 0) is 11.2 Å². The molecule has 2 aromatic heterocycles. The first-order chi connectivity index (χ1) is 13.3. The smallest absolute Gasteiger partial charge is 0.231 e. The summed E-state index contributed by atoms with van der Waals surface area (Å²) in [5.41, 5.74) is 3.12. The lowest BCUT2D eigenvalue weighted by atomic mass is 10.1. The normalized spacial score (nSPS) is 17.1. The Kier molecular flexibility index (Phi) is 3.74. The van der Waals surface area contributed by atoms with Gasteiger partial charge in [-0.1, -0.05) is 41.6 Å². The fourth-order valence-electron chi connectivity index (χ4n) is 3.68. The molecule has 1 atom stereocenters. The van der Waals surface area contributed by atoms with E-state index in [2.05, 4.69) is 21.2 Å². The van der Waals surface area contributed by atoms with E-state index in [1.807, 2.05) is 54.7 Å². The van der Waals surface area contributed by atoms with Crippen LogP contribution in [0.3, 0.4) is 0 Å². The van der Waals surface area contributed by atoms with Gasteiger partial charge in [-0.3, -0.25) is 4.79 Å². The summed E-state index contributed by atoms with van der Waals surface area (Å²) < 4.78 is 5.47. The van der Waals surface area contributed by atoms with Crippen LogP contribution in [0.1, 0.15) is 29.6 Å². The number of H-pyrrole nitrogens is 1. The highest BCUT2D eigenvalue weighted by atomic mass is 16.5. The van der Waals surface area contributed by atoms with E-state index in [1.165, 1.54) is 0 Å². The van der Waals surface area contributed by atoms with Crippen molar-refractivity contribution in [3.63, 3.8) is 0 Å². The Bertz CT molecular complexity index is 1100. The average molecular weight is 358 g/mol. The topological polar surface area (TPSA) is 75.0 Å². The fraction of sp³-hybridized carbons (Fsp3) is 0.190. The number of nitrogens with one attached hydrogen (secondary N) is 1. The summed E-state index contributed by atoms with van der Waals surface area (Å²) in [5, 5.41) is 5.30. The van der Waals surface area contributed by atoms with E-state index in [0.29, 0.717) is 31.1 Å². The van der Waals surface area contributed by atoms with Crippen LogP contribution in [0.5, 0.6) is 0 Å². The van der Waals surface area contributed by atoms with Crippen LogP contribution in [0.2, 0.25) is 0 Å². The van der Waals surface area contributed by atoms with Crippen molar-refractivity contribution in [2.75, 3.05) is 11.4 Å². The fourth-order valence-corrected chi connectivity index (χ4v) is 3.68. The van der Waals surface area contributed by atoms with Crippen molar-refractivity contribution in [3.05, 3.63) is 78.1 Å². The Morgan fingerprint density at radius 2 is 1.93 bits per heavy atom. The molecule has 1 aliphatic rings. The molecule has 1 aliphatic heterocycles. The van der Waals surface area contributed by atoms with Gasteiger partial charge in [-0.2, -0.15) is 4.98 Å². The molecule has 0 spiro atoms. The highest BCUT2D eigenvalue weighted by Crippen LogP contribution is 2.30. The second kappa shape index (κ2) is 6.39. The van der Waals surface area contributed by atoms with Gasteiger partial charge in [-0.15, -0.1) is 0 Å². The maximum atomic E-state index is 12.4. The lowest BCUT2D eigenvalue weighted by Crippen LogP contribution is -2.24. The maximum Gasteiger partial charge on any atom is 0.231 e. The first kappa shape index (κ1) is 15.8. The van der Waals surface area contributed by atoms with Gasteiger partial charge in [0.2, 0.25) is 11.8 Å². The Labute approximate surface area is 155 Å². The highest BCUT2D eigenvalue weighted by Gasteiger charge is 2.34. The molecule has 1 amide bonds. The van der Waals surface area contributed by atoms with Crippen molar-refractivity contribution < 1.29 is 9.32 Å². The van der Waals surface area contributed by atoms with Crippen molar-refractivity contribution >= 4 is 22.5 Å². The molecule has 3 heterocycles. The predicted molar refractivity (Wildman–Crippen MR) is 102 cm³/mol. The number of aromatic amines is 1. The molecule has 1 N–H and O–H groups in total. The summed E-state index contributed by atoms with van der Waals surface area (Å²) in [6.45, 7) is 0.578. The molecule has 0 aliphatic carbocycles. The third kappa shape index (κ3) is 2.89. The lowest BCUT2D eigenvalue weighted by molar-refractivity contribution is -0.117. The van der Waals surface area contributed by atoms with Gasteiger partial charge in [0.05, 0.1) is 6.42 Å². The summed E-state index contributed by atoms with van der Waals surface area (Å²) in [6, 6.07) is 17.8. The molecular weight excluding hydrogens is 340 g/mol. The molecular formula is C21H18N4O2. The predicted octanol–water partition coefficient (Wildman–Crippen LogP) is 3.66. The summed E-state index contributed by atoms with van der Waals surface area (Å²) in [4.78, 5) is 22.0. The number of carbonyl (C=O) groups excluding carboxylic acids is 1. The summed E-state index contributed by atoms with van der Waals surface area (Å²) >= 11 is 0. The number of benzene rings is 2. The van der Waals surface area contributed by atoms with Crippen molar-refractivity contribution in [1.29, 1.82) is 0 Å². The quantitative estimate of drug-likeness (QED) is 0.604. The Morgan fingerprint density at radius 1 is 1.11 bits per heavy atom. The number of amides is 1. The third-order valence-corrected chi connectivity index (χ3v) is 5.06. The van der Waals surface area contributed by atoms with Gasteiger partial charge in [0.15, 0.2) is 5.82 Å². The van der Waals surface area contributed by atoms with Crippen molar-refractivity contribution in [2.24, 2.45) is 0 Å². The monoisotopic (exact) mass is 358 g/mol. The number of aromatic nitrogens is 3. The van der Waals surface area contributed by atoms with Crippen molar-refractivity contribution in [1.82, 2.24) is 15.1 Å². The van der Waals surface area contributed by atoms with Crippen molar-refractivity contribution in [3.8, 4) is 0 Å². The van der Waals surface area contributed by atoms with Gasteiger partial charge in [0.25, 0.3) is 0 Å². The van der Waals surface area contributed by atoms with Crippen LogP contribution in [0.15, 0.2) is 65.3 Å². The van der Waals surface area contributed by atoms with Gasteiger partial charge in [-0.25, -0.2) is 0 Å². The van der Waals surface area contributed by atoms with E-state index in [1.54, 1.807) is 4.90 Å². The second-order valence-corrected chi connectivity index (χ2v) is 6.82. The molecule has 1 unspecified atom stereocenters. The number of rotatable bonds is 4. The molecule has 4 aromatic rings. The van der Waals surface area contributed by atoms with Crippen LogP contribution < -0.4 is 4.90 Å². The first-order valence-electron chi connectivity index (χ1n) is 9.01. The maximum absolute atomic E-state index is 12.4. The molecule has 0 radical (unpaired) electrons. The van der Waals surface area contributed by atoms with Crippen molar-refractivity contribution in [2.45, 2.75) is 18.8 Å². The Hall–Kier alpha value is -3.41. The van der Waals surface area contributed by atoms with E-state index in [-0.39, 0.29) is 11.8 Å². The summed E-state index contributed by atoms with van der Waals surface area (Å²) in [7, 11) is 0. The Balaban J connectivity index is 1.34. The van der Waals surface area contributed by atoms with E-state index in [9.17, 15) is 4.79 Å². The van der Waals surface area contributed by atoms with Gasteiger partial charge < -0.3 is 14.4 Å². The summed E-state index contributed by atoms with van der Waals surface area (Å²) in [6.07, 6.45) is 2.95. The number of anilines is 1. The van der Waals surface area contributed by atoms with Gasteiger partial charge >= 0.3 is 0 Å². The molecule has 6 heteroatoms. The minimum atomic E-state index is -0.0434. The minimum Gasteiger partial charge on any atom is -0.361 e. The standard InChI is InChI=1S/C21H18N4O2/c26-20-11-15(13-25(20)16-6-2-1-3-7-16)21-23-19(27-24-21)10-14-12-22-18-9-5-4-8-17(14)18/h1-9,12,15,22H,10-11,13H2. The van der Waals surface area contributed by atoms with Crippen LogP contribution >= 0.6 is 0 Å². The minimum absolute atomic E-state index is 0.0434. The molecule has 1 saturated heterocycles. The zero-order valence-corrected chi connectivity index (χ0v) is 14.6. The lowest BCUT2D eigenvalue weighted by Gasteiger charge is -2.15. The van der Waals surface area contributed by atoms with E-state index in [4.69, 9.17) is 4.52 Å². The number of para-hydroxylation sites is 2. The number of hydrogen-bond acceptors (Lipinski definition) is 4. The molecule has 27 heavy (non-hydrogen) atoms. The second-order valence-electron chi connectivity index (χ2n) is 6.82. The number of nitrogens with zero attached hydrogens (tertiary/aromatic N) is 3. The van der Waals surface area contributed by atoms with E-state index in [0.717, 1.165) is 22.2 Å². The van der Waals surface area contributed by atoms with Crippen LogP contribution in [0, 0.1) is 0 Å². The van der Waals surface area contributed by atoms with Gasteiger partial charge in [-0.05, 0) is 23.8 Å². The Morgan fingerprint density at radius 3 is 2.81 bits per heavy atom. The highest BCUT2D eigenvalue weighted by molar-refractivity contribution is 5.96. The largest absolute Gasteiger partial charge is 0.361 e. The summed E-state index contributed by atoms with van der Waals surface area (Å²) in [5.74, 6) is 1.23.